The van der Waals surface area contributed by atoms with Gasteiger partial charge in [0.05, 0.1) is 23.5 Å². The number of rotatable bonds is 4. The topological polar surface area (TPSA) is 65.4 Å². The maximum absolute atomic E-state index is 8.89. The summed E-state index contributed by atoms with van der Waals surface area (Å²) in [5, 5.41) is 19.2. The van der Waals surface area contributed by atoms with Crippen LogP contribution in [0.15, 0.2) is 24.4 Å². The molecule has 0 aliphatic carbocycles. The summed E-state index contributed by atoms with van der Waals surface area (Å²) in [7, 11) is 0. The highest BCUT2D eigenvalue weighted by atomic mass is 35.5. The summed E-state index contributed by atoms with van der Waals surface area (Å²) in [6, 6.07) is 7.88. The molecule has 1 aromatic carbocycles. The van der Waals surface area contributed by atoms with Crippen molar-refractivity contribution in [1.29, 1.82) is 5.26 Å². The van der Waals surface area contributed by atoms with Crippen molar-refractivity contribution in [3.63, 3.8) is 0 Å². The monoisotopic (exact) mass is 246 g/mol. The van der Waals surface area contributed by atoms with Gasteiger partial charge in [0.2, 0.25) is 0 Å². The van der Waals surface area contributed by atoms with Crippen molar-refractivity contribution < 1.29 is 0 Å². The van der Waals surface area contributed by atoms with Crippen LogP contribution in [-0.2, 0) is 18.7 Å². The van der Waals surface area contributed by atoms with E-state index in [4.69, 9.17) is 16.9 Å². The third-order valence-electron chi connectivity index (χ3n) is 2.57. The van der Waals surface area contributed by atoms with Crippen LogP contribution in [0, 0.1) is 11.3 Å². The number of hydrogen-bond donors (Lipinski definition) is 1. The second kappa shape index (κ2) is 5.46. The van der Waals surface area contributed by atoms with Crippen LogP contribution in [0.3, 0.4) is 0 Å². The molecule has 0 bridgehead atoms. The molecule has 86 valence electrons. The lowest BCUT2D eigenvalue weighted by molar-refractivity contribution is 0.870. The second-order valence-corrected chi connectivity index (χ2v) is 3.97. The molecule has 0 saturated carbocycles. The van der Waals surface area contributed by atoms with Gasteiger partial charge in [0, 0.05) is 5.88 Å². The van der Waals surface area contributed by atoms with Gasteiger partial charge in [-0.1, -0.05) is 12.1 Å². The van der Waals surface area contributed by atoms with Gasteiger partial charge in [0.1, 0.15) is 0 Å². The Labute approximate surface area is 104 Å². The Hall–Kier alpha value is -1.86. The number of nitriles is 1. The van der Waals surface area contributed by atoms with Crippen molar-refractivity contribution in [2.75, 3.05) is 0 Å². The van der Waals surface area contributed by atoms with Gasteiger partial charge in [-0.25, -0.2) is 0 Å². The van der Waals surface area contributed by atoms with Crippen LogP contribution < -0.4 is 0 Å². The van der Waals surface area contributed by atoms with Gasteiger partial charge >= 0.3 is 0 Å². The minimum absolute atomic E-state index is 0.362. The lowest BCUT2D eigenvalue weighted by atomic mass is 10.0. The summed E-state index contributed by atoms with van der Waals surface area (Å²) in [5.74, 6) is 0.362. The number of hydrogen-bond acceptors (Lipinski definition) is 3. The Balaban J connectivity index is 2.09. The zero-order valence-corrected chi connectivity index (χ0v) is 9.91. The Morgan fingerprint density at radius 2 is 2.24 bits per heavy atom. The van der Waals surface area contributed by atoms with E-state index in [1.165, 1.54) is 0 Å². The predicted octanol–water partition coefficient (Wildman–Crippen LogP) is 2.20. The fourth-order valence-corrected chi connectivity index (χ4v) is 1.86. The van der Waals surface area contributed by atoms with Crippen molar-refractivity contribution in [2.45, 2.75) is 18.7 Å². The largest absolute Gasteiger partial charge is 0.198 e. The first-order valence-corrected chi connectivity index (χ1v) is 5.79. The maximum Gasteiger partial charge on any atom is 0.0994 e. The molecule has 17 heavy (non-hydrogen) atoms. The Morgan fingerprint density at radius 1 is 1.35 bits per heavy atom. The van der Waals surface area contributed by atoms with E-state index in [0.29, 0.717) is 11.4 Å². The van der Waals surface area contributed by atoms with Crippen molar-refractivity contribution in [3.8, 4) is 6.07 Å². The maximum atomic E-state index is 8.89. The van der Waals surface area contributed by atoms with Crippen molar-refractivity contribution in [1.82, 2.24) is 15.4 Å². The summed E-state index contributed by atoms with van der Waals surface area (Å²) in [6.45, 7) is 0. The van der Waals surface area contributed by atoms with Gasteiger partial charge in [-0.05, 0) is 30.0 Å². The van der Waals surface area contributed by atoms with Crippen LogP contribution in [-0.4, -0.2) is 15.4 Å². The molecular formula is C12H11ClN4. The van der Waals surface area contributed by atoms with Crippen LogP contribution in [0.1, 0.15) is 22.4 Å². The number of aromatic amines is 1. The minimum atomic E-state index is 0.362. The normalized spacial score (nSPS) is 10.1. The highest BCUT2D eigenvalue weighted by molar-refractivity contribution is 6.17. The lowest BCUT2D eigenvalue weighted by Crippen LogP contribution is -1.95. The van der Waals surface area contributed by atoms with E-state index in [2.05, 4.69) is 21.5 Å². The molecular weight excluding hydrogens is 236 g/mol. The lowest BCUT2D eigenvalue weighted by Gasteiger charge is -2.04. The molecule has 0 unspecified atom stereocenters. The molecule has 1 aromatic heterocycles. The molecule has 0 radical (unpaired) electrons. The molecule has 0 aliphatic heterocycles. The van der Waals surface area contributed by atoms with Gasteiger partial charge in [-0.15, -0.1) is 11.6 Å². The fourth-order valence-electron chi connectivity index (χ4n) is 1.64. The van der Waals surface area contributed by atoms with Gasteiger partial charge in [0.25, 0.3) is 0 Å². The summed E-state index contributed by atoms with van der Waals surface area (Å²) >= 11 is 5.80. The van der Waals surface area contributed by atoms with Crippen LogP contribution in [0.4, 0.5) is 0 Å². The van der Waals surface area contributed by atoms with Gasteiger partial charge in [-0.2, -0.15) is 20.7 Å². The Bertz CT molecular complexity index is 528. The number of nitrogens with zero attached hydrogens (tertiary/aromatic N) is 3. The zero-order chi connectivity index (χ0) is 12.1. The van der Waals surface area contributed by atoms with Gasteiger partial charge < -0.3 is 0 Å². The molecule has 0 saturated heterocycles. The molecule has 0 amide bonds. The number of benzene rings is 1. The van der Waals surface area contributed by atoms with Crippen molar-refractivity contribution in [2.24, 2.45) is 0 Å². The molecule has 0 spiro atoms. The smallest absolute Gasteiger partial charge is 0.0994 e. The number of aryl methyl sites for hydroxylation is 2. The van der Waals surface area contributed by atoms with E-state index in [1.54, 1.807) is 6.20 Å². The summed E-state index contributed by atoms with van der Waals surface area (Å²) in [5.41, 5.74) is 3.61. The minimum Gasteiger partial charge on any atom is -0.198 e. The number of alkyl halides is 1. The zero-order valence-electron chi connectivity index (χ0n) is 9.15. The molecule has 1 N–H and O–H groups in total. The van der Waals surface area contributed by atoms with Crippen LogP contribution in [0.5, 0.6) is 0 Å². The number of H-pyrrole nitrogens is 1. The van der Waals surface area contributed by atoms with Gasteiger partial charge in [0.15, 0.2) is 0 Å². The number of halogens is 1. The average Bonchev–Trinajstić information content (AvgIpc) is 2.89. The van der Waals surface area contributed by atoms with Crippen molar-refractivity contribution >= 4 is 11.6 Å². The second-order valence-electron chi connectivity index (χ2n) is 3.70. The molecule has 2 rings (SSSR count). The Kier molecular flexibility index (Phi) is 3.73. The number of nitrogens with one attached hydrogen (secondary N) is 1. The SMILES string of the molecule is N#Cc1ccc(CCc2cn[nH]n2)cc1CCl. The van der Waals surface area contributed by atoms with E-state index < -0.39 is 0 Å². The first-order chi connectivity index (χ1) is 8.33. The molecule has 5 heteroatoms. The van der Waals surface area contributed by atoms with E-state index in [-0.39, 0.29) is 0 Å². The third-order valence-corrected chi connectivity index (χ3v) is 2.86. The van der Waals surface area contributed by atoms with Gasteiger partial charge in [-0.3, -0.25) is 0 Å². The molecule has 0 aliphatic rings. The summed E-state index contributed by atoms with van der Waals surface area (Å²) in [6.07, 6.45) is 3.40. The predicted molar refractivity (Wildman–Crippen MR) is 64.5 cm³/mol. The Morgan fingerprint density at radius 3 is 2.88 bits per heavy atom. The molecule has 1 heterocycles. The average molecular weight is 247 g/mol. The quantitative estimate of drug-likeness (QED) is 0.841. The number of aromatic nitrogens is 3. The van der Waals surface area contributed by atoms with Crippen molar-refractivity contribution in [3.05, 3.63) is 46.8 Å². The summed E-state index contributed by atoms with van der Waals surface area (Å²) < 4.78 is 0. The molecule has 4 nitrogen and oxygen atoms in total. The summed E-state index contributed by atoms with van der Waals surface area (Å²) in [4.78, 5) is 0. The van der Waals surface area contributed by atoms with Crippen LogP contribution in [0.25, 0.3) is 0 Å². The van der Waals surface area contributed by atoms with E-state index in [0.717, 1.165) is 29.7 Å². The molecule has 0 fully saturated rings. The first-order valence-electron chi connectivity index (χ1n) is 5.26. The van der Waals surface area contributed by atoms with E-state index >= 15 is 0 Å². The fraction of sp³-hybridized carbons (Fsp3) is 0.250. The first kappa shape index (κ1) is 11.6. The van der Waals surface area contributed by atoms with Crippen LogP contribution >= 0.6 is 11.6 Å². The van der Waals surface area contributed by atoms with E-state index in [9.17, 15) is 0 Å². The standard InChI is InChI=1S/C12H11ClN4/c13-6-11-5-9(1-3-10(11)7-14)2-4-12-8-15-17-16-12/h1,3,5,8H,2,4,6H2,(H,15,16,17). The van der Waals surface area contributed by atoms with E-state index in [1.807, 2.05) is 18.2 Å². The van der Waals surface area contributed by atoms with Crippen LogP contribution in [0.2, 0.25) is 0 Å². The highest BCUT2D eigenvalue weighted by Crippen LogP contribution is 2.15. The highest BCUT2D eigenvalue weighted by Gasteiger charge is 2.03. The third kappa shape index (κ3) is 2.83. The molecule has 0 atom stereocenters. The molecule has 2 aromatic rings.